The number of amides is 2. The van der Waals surface area contributed by atoms with Gasteiger partial charge in [0.15, 0.2) is 0 Å². The molecule has 0 aliphatic rings. The van der Waals surface area contributed by atoms with E-state index in [9.17, 15) is 4.79 Å². The fourth-order valence-electron chi connectivity index (χ4n) is 1.99. The maximum Gasteiger partial charge on any atom is 0.315 e. The van der Waals surface area contributed by atoms with E-state index in [1.54, 1.807) is 11.3 Å². The van der Waals surface area contributed by atoms with E-state index in [-0.39, 0.29) is 12.1 Å². The predicted octanol–water partition coefficient (Wildman–Crippen LogP) is 3.59. The number of nitrogens with one attached hydrogen (secondary N) is 2. The van der Waals surface area contributed by atoms with E-state index < -0.39 is 0 Å². The van der Waals surface area contributed by atoms with Gasteiger partial charge in [0.05, 0.1) is 19.2 Å². The highest BCUT2D eigenvalue weighted by Gasteiger charge is 2.09. The van der Waals surface area contributed by atoms with Gasteiger partial charge in [-0.2, -0.15) is 0 Å². The molecule has 124 valence electrons. The molecule has 0 radical (unpaired) electrons. The Labute approximate surface area is 140 Å². The van der Waals surface area contributed by atoms with Gasteiger partial charge in [0, 0.05) is 4.88 Å². The normalized spacial score (nSPS) is 11.6. The highest BCUT2D eigenvalue weighted by molar-refractivity contribution is 7.10. The topological polar surface area (TPSA) is 59.6 Å². The minimum absolute atomic E-state index is 0.00188. The van der Waals surface area contributed by atoms with Gasteiger partial charge >= 0.3 is 6.03 Å². The van der Waals surface area contributed by atoms with E-state index in [1.165, 1.54) is 0 Å². The molecule has 0 saturated carbocycles. The zero-order chi connectivity index (χ0) is 16.5. The van der Waals surface area contributed by atoms with Gasteiger partial charge in [0.2, 0.25) is 0 Å². The lowest BCUT2D eigenvalue weighted by atomic mass is 10.3. The summed E-state index contributed by atoms with van der Waals surface area (Å²) in [6.07, 6.45) is 0. The maximum atomic E-state index is 11.8. The summed E-state index contributed by atoms with van der Waals surface area (Å²) in [5.74, 6) is 1.57. The van der Waals surface area contributed by atoms with Gasteiger partial charge in [0.25, 0.3) is 0 Å². The van der Waals surface area contributed by atoms with Gasteiger partial charge < -0.3 is 20.1 Å². The molecule has 1 aromatic heterocycles. The highest BCUT2D eigenvalue weighted by atomic mass is 32.1. The van der Waals surface area contributed by atoms with E-state index >= 15 is 0 Å². The molecule has 2 rings (SSSR count). The number of benzene rings is 1. The minimum Gasteiger partial charge on any atom is -0.494 e. The molecule has 0 saturated heterocycles. The molecular weight excluding hydrogens is 312 g/mol. The Kier molecular flexibility index (Phi) is 6.75. The van der Waals surface area contributed by atoms with Crippen LogP contribution in [0.5, 0.6) is 11.5 Å². The van der Waals surface area contributed by atoms with Crippen molar-refractivity contribution in [3.05, 3.63) is 46.7 Å². The van der Waals surface area contributed by atoms with E-state index in [2.05, 4.69) is 10.6 Å². The molecule has 1 atom stereocenters. The third kappa shape index (κ3) is 5.83. The summed E-state index contributed by atoms with van der Waals surface area (Å²) in [7, 11) is 0. The zero-order valence-corrected chi connectivity index (χ0v) is 14.2. The molecule has 0 aliphatic carbocycles. The first kappa shape index (κ1) is 17.1. The zero-order valence-electron chi connectivity index (χ0n) is 13.4. The molecule has 1 aromatic carbocycles. The lowest BCUT2D eigenvalue weighted by Gasteiger charge is -2.13. The van der Waals surface area contributed by atoms with Crippen LogP contribution in [0.25, 0.3) is 0 Å². The van der Waals surface area contributed by atoms with Crippen LogP contribution in [0.4, 0.5) is 4.79 Å². The van der Waals surface area contributed by atoms with E-state index in [4.69, 9.17) is 9.47 Å². The Balaban J connectivity index is 1.63. The molecule has 5 nitrogen and oxygen atoms in total. The van der Waals surface area contributed by atoms with Crippen molar-refractivity contribution in [2.75, 3.05) is 19.8 Å². The SMILES string of the molecule is CCOc1ccc(OCCNC(=O)NC(C)c2cccs2)cc1. The third-order valence-electron chi connectivity index (χ3n) is 3.11. The van der Waals surface area contributed by atoms with Crippen molar-refractivity contribution >= 4 is 17.4 Å². The van der Waals surface area contributed by atoms with Crippen LogP contribution in [0, 0.1) is 0 Å². The summed E-state index contributed by atoms with van der Waals surface area (Å²) in [6, 6.07) is 11.2. The van der Waals surface area contributed by atoms with Crippen LogP contribution in [0.1, 0.15) is 24.8 Å². The number of hydrogen-bond acceptors (Lipinski definition) is 4. The van der Waals surface area contributed by atoms with Gasteiger partial charge in [0.1, 0.15) is 18.1 Å². The van der Waals surface area contributed by atoms with Crippen LogP contribution in [-0.2, 0) is 0 Å². The summed E-state index contributed by atoms with van der Waals surface area (Å²) < 4.78 is 10.9. The van der Waals surface area contributed by atoms with Gasteiger partial charge in [-0.1, -0.05) is 6.07 Å². The van der Waals surface area contributed by atoms with Gasteiger partial charge in [-0.05, 0) is 49.6 Å². The molecule has 1 unspecified atom stereocenters. The molecule has 6 heteroatoms. The number of hydrogen-bond donors (Lipinski definition) is 2. The number of ether oxygens (including phenoxy) is 2. The first-order valence-corrected chi connectivity index (χ1v) is 8.50. The summed E-state index contributed by atoms with van der Waals surface area (Å²) >= 11 is 1.63. The number of thiophene rings is 1. The Morgan fingerprint density at radius 1 is 1.17 bits per heavy atom. The van der Waals surface area contributed by atoms with Gasteiger partial charge in [-0.25, -0.2) is 4.79 Å². The molecule has 1 heterocycles. The Morgan fingerprint density at radius 2 is 1.87 bits per heavy atom. The van der Waals surface area contributed by atoms with E-state index in [1.807, 2.05) is 55.6 Å². The standard InChI is InChI=1S/C17H22N2O3S/c1-3-21-14-6-8-15(9-7-14)22-11-10-18-17(20)19-13(2)16-5-4-12-23-16/h4-9,12-13H,3,10-11H2,1-2H3,(H2,18,19,20). The molecule has 2 aromatic rings. The lowest BCUT2D eigenvalue weighted by molar-refractivity contribution is 0.233. The molecule has 0 bridgehead atoms. The van der Waals surface area contributed by atoms with Crippen LogP contribution >= 0.6 is 11.3 Å². The molecule has 0 aliphatic heterocycles. The minimum atomic E-state index is -0.193. The summed E-state index contributed by atoms with van der Waals surface area (Å²) in [5.41, 5.74) is 0. The second-order valence-corrected chi connectivity index (χ2v) is 5.87. The van der Waals surface area contributed by atoms with E-state index in [0.717, 1.165) is 16.4 Å². The van der Waals surface area contributed by atoms with Crippen molar-refractivity contribution in [2.45, 2.75) is 19.9 Å². The maximum absolute atomic E-state index is 11.8. The Bertz CT molecular complexity index is 584. The molecule has 2 amide bonds. The largest absolute Gasteiger partial charge is 0.494 e. The molecule has 0 fully saturated rings. The average molecular weight is 334 g/mol. The second kappa shape index (κ2) is 9.05. The number of carbonyl (C=O) groups is 1. The lowest BCUT2D eigenvalue weighted by Crippen LogP contribution is -2.38. The predicted molar refractivity (Wildman–Crippen MR) is 92.4 cm³/mol. The fraction of sp³-hybridized carbons (Fsp3) is 0.353. The highest BCUT2D eigenvalue weighted by Crippen LogP contribution is 2.18. The first-order valence-electron chi connectivity index (χ1n) is 7.62. The van der Waals surface area contributed by atoms with Crippen LogP contribution in [-0.4, -0.2) is 25.8 Å². The Morgan fingerprint density at radius 3 is 2.48 bits per heavy atom. The van der Waals surface area contributed by atoms with Crippen LogP contribution in [0.3, 0.4) is 0 Å². The summed E-state index contributed by atoms with van der Waals surface area (Å²) in [5, 5.41) is 7.67. The third-order valence-corrected chi connectivity index (χ3v) is 4.16. The van der Waals surface area contributed by atoms with Crippen molar-refractivity contribution in [2.24, 2.45) is 0 Å². The fourth-order valence-corrected chi connectivity index (χ4v) is 2.72. The van der Waals surface area contributed by atoms with Crippen molar-refractivity contribution in [3.8, 4) is 11.5 Å². The van der Waals surface area contributed by atoms with E-state index in [0.29, 0.717) is 19.8 Å². The second-order valence-electron chi connectivity index (χ2n) is 4.89. The van der Waals surface area contributed by atoms with Crippen molar-refractivity contribution < 1.29 is 14.3 Å². The molecule has 0 spiro atoms. The summed E-state index contributed by atoms with van der Waals surface area (Å²) in [4.78, 5) is 12.9. The Hall–Kier alpha value is -2.21. The number of urea groups is 1. The first-order chi connectivity index (χ1) is 11.2. The van der Waals surface area contributed by atoms with Crippen LogP contribution in [0.2, 0.25) is 0 Å². The molecular formula is C17H22N2O3S. The number of rotatable bonds is 8. The quantitative estimate of drug-likeness (QED) is 0.725. The van der Waals surface area contributed by atoms with Crippen molar-refractivity contribution in [1.82, 2.24) is 10.6 Å². The molecule has 23 heavy (non-hydrogen) atoms. The monoisotopic (exact) mass is 334 g/mol. The smallest absolute Gasteiger partial charge is 0.315 e. The average Bonchev–Trinajstić information content (AvgIpc) is 3.08. The summed E-state index contributed by atoms with van der Waals surface area (Å²) in [6.45, 7) is 5.40. The molecule has 2 N–H and O–H groups in total. The van der Waals surface area contributed by atoms with Crippen molar-refractivity contribution in [3.63, 3.8) is 0 Å². The van der Waals surface area contributed by atoms with Crippen LogP contribution < -0.4 is 20.1 Å². The van der Waals surface area contributed by atoms with Crippen molar-refractivity contribution in [1.29, 1.82) is 0 Å². The van der Waals surface area contributed by atoms with Gasteiger partial charge in [-0.15, -0.1) is 11.3 Å². The van der Waals surface area contributed by atoms with Crippen LogP contribution in [0.15, 0.2) is 41.8 Å². The number of carbonyl (C=O) groups excluding carboxylic acids is 1. The van der Waals surface area contributed by atoms with Gasteiger partial charge in [-0.3, -0.25) is 0 Å².